The van der Waals surface area contributed by atoms with Gasteiger partial charge in [-0.1, -0.05) is 13.8 Å². The van der Waals surface area contributed by atoms with E-state index in [0.29, 0.717) is 24.4 Å². The van der Waals surface area contributed by atoms with Gasteiger partial charge >= 0.3 is 17.1 Å². The lowest BCUT2D eigenvalue weighted by atomic mass is 10.1. The lowest BCUT2D eigenvalue weighted by molar-refractivity contribution is -0.0672. The standard InChI is InChI=1S/C13H20FN3O3.C13H20N2O5.C12H20N4O3.C2H6/c1-7-5-17(13(18)16-8(7)2)12-10(14)11(15-3)9(20-12)6-19-4;1-8-5-6-15(13(16)14-8)12-11(19-4)10(18-3)9(20-12)7-17-2;1-7-5-16(12(17)15-11(7)13)10-4-8(14-2)9(19-10)6-18-3;1-2/h5,9-12,15H,6H2,1-4H3;5-6,9-12H,7H2,1-4H3;5,8-10,14H,4,6H2,1-3H3,(H2,13,15,17);1-2H3/t2*9-,10-,11-,12-;8-,9+,10+;/m110./s1/i;7D2;;. The van der Waals surface area contributed by atoms with Crippen molar-refractivity contribution in [2.45, 2.75) is 115 Å². The van der Waals surface area contributed by atoms with Crippen molar-refractivity contribution >= 4 is 5.82 Å². The quantitative estimate of drug-likeness (QED) is 0.219. The number of nitrogen functional groups attached to an aromatic ring is 1. The first-order chi connectivity index (χ1) is 29.9. The van der Waals surface area contributed by atoms with E-state index in [4.69, 9.17) is 46.4 Å². The third-order valence-corrected chi connectivity index (χ3v) is 10.3. The van der Waals surface area contributed by atoms with Crippen LogP contribution in [0.1, 0.15) is 64.2 Å². The van der Waals surface area contributed by atoms with Crippen molar-refractivity contribution in [2.24, 2.45) is 0 Å². The van der Waals surface area contributed by atoms with E-state index in [9.17, 15) is 18.8 Å². The van der Waals surface area contributed by atoms with Gasteiger partial charge in [0.1, 0.15) is 36.5 Å². The second kappa shape index (κ2) is 24.6. The molecule has 21 heteroatoms. The molecule has 3 saturated heterocycles. The van der Waals surface area contributed by atoms with Gasteiger partial charge in [0, 0.05) is 83.6 Å². The van der Waals surface area contributed by atoms with Crippen molar-refractivity contribution in [3.05, 3.63) is 78.6 Å². The molecule has 0 amide bonds. The molecule has 6 rings (SSSR count). The molecule has 20 nitrogen and oxygen atoms in total. The summed E-state index contributed by atoms with van der Waals surface area (Å²) in [6.45, 7) is 9.74. The molecular formula is C40H66FN9O11. The van der Waals surface area contributed by atoms with E-state index in [1.54, 1.807) is 52.7 Å². The molecule has 6 heterocycles. The van der Waals surface area contributed by atoms with Crippen molar-refractivity contribution in [2.75, 3.05) is 75.2 Å². The number of nitrogens with one attached hydrogen (secondary N) is 2. The number of ether oxygens (including phenoxy) is 8. The molecule has 0 aliphatic carbocycles. The van der Waals surface area contributed by atoms with Gasteiger partial charge in [-0.05, 0) is 53.4 Å². The zero-order chi connectivity index (χ0) is 47.3. The zero-order valence-electron chi connectivity index (χ0n) is 39.4. The average molecular weight is 870 g/mol. The smallest absolute Gasteiger partial charge is 0.351 e. The number of hydrogen-bond acceptors (Lipinski definition) is 17. The summed E-state index contributed by atoms with van der Waals surface area (Å²) < 4.78 is 77.2. The van der Waals surface area contributed by atoms with Crippen molar-refractivity contribution in [3.63, 3.8) is 0 Å². The Morgan fingerprint density at radius 3 is 1.93 bits per heavy atom. The predicted octanol–water partition coefficient (Wildman–Crippen LogP) is 1.14. The van der Waals surface area contributed by atoms with Crippen LogP contribution in [0.15, 0.2) is 39.0 Å². The second-order valence-corrected chi connectivity index (χ2v) is 14.1. The molecule has 0 unspecified atom stereocenters. The van der Waals surface area contributed by atoms with E-state index in [1.807, 2.05) is 34.7 Å². The third kappa shape index (κ3) is 12.6. The molecule has 344 valence electrons. The summed E-state index contributed by atoms with van der Waals surface area (Å²) in [4.78, 5) is 47.4. The highest BCUT2D eigenvalue weighted by Gasteiger charge is 2.47. The maximum Gasteiger partial charge on any atom is 0.351 e. The van der Waals surface area contributed by atoms with Gasteiger partial charge in [-0.2, -0.15) is 15.0 Å². The van der Waals surface area contributed by atoms with E-state index in [0.717, 1.165) is 11.1 Å². The highest BCUT2D eigenvalue weighted by molar-refractivity contribution is 5.35. The molecule has 61 heavy (non-hydrogen) atoms. The van der Waals surface area contributed by atoms with E-state index in [1.165, 1.54) is 42.1 Å². The van der Waals surface area contributed by atoms with Crippen LogP contribution in [0, 0.1) is 27.7 Å². The third-order valence-electron chi connectivity index (χ3n) is 10.3. The van der Waals surface area contributed by atoms with Crippen LogP contribution in [-0.2, 0) is 37.9 Å². The predicted molar refractivity (Wildman–Crippen MR) is 224 cm³/mol. The Bertz CT molecular complexity index is 2080. The molecule has 0 aromatic carbocycles. The first-order valence-corrected chi connectivity index (χ1v) is 19.9. The van der Waals surface area contributed by atoms with E-state index >= 15 is 0 Å². The van der Waals surface area contributed by atoms with Gasteiger partial charge in [-0.3, -0.25) is 13.7 Å². The number of rotatable bonds is 13. The molecule has 0 radical (unpaired) electrons. The minimum absolute atomic E-state index is 0.0789. The number of aryl methyl sites for hydroxylation is 4. The lowest BCUT2D eigenvalue weighted by Gasteiger charge is -2.22. The fourth-order valence-electron chi connectivity index (χ4n) is 7.00. The van der Waals surface area contributed by atoms with Crippen molar-refractivity contribution < 1.29 is 45.0 Å². The molecule has 0 saturated carbocycles. The lowest BCUT2D eigenvalue weighted by Crippen LogP contribution is -2.42. The molecule has 3 aliphatic heterocycles. The summed E-state index contributed by atoms with van der Waals surface area (Å²) in [5.74, 6) is 0.262. The van der Waals surface area contributed by atoms with E-state index < -0.39 is 67.0 Å². The summed E-state index contributed by atoms with van der Waals surface area (Å²) in [5, 5.41) is 6.06. The van der Waals surface area contributed by atoms with Crippen LogP contribution >= 0.6 is 0 Å². The molecule has 3 fully saturated rings. The summed E-state index contributed by atoms with van der Waals surface area (Å²) in [5.41, 5.74) is 7.03. The molecule has 3 aliphatic rings. The van der Waals surface area contributed by atoms with Crippen LogP contribution in [0.5, 0.6) is 0 Å². The minimum atomic E-state index is -2.09. The SMILES string of the molecule is CC.CN[C@H]1C[C@H](n2cc(C)c(N)nc2=O)O[C@@H]1COC.CN[C@H]1[C@@H](F)[C@H](n2cc(C)c(C)nc2=O)O[C@@H]1COC.[2H]C([2H])(OC)[C@H]1O[C@@H](n2ccc(C)nc2=O)[C@H](OC)[C@@H]1OC. The van der Waals surface area contributed by atoms with E-state index in [-0.39, 0.29) is 36.5 Å². The monoisotopic (exact) mass is 869 g/mol. The van der Waals surface area contributed by atoms with Crippen LogP contribution in [0.25, 0.3) is 0 Å². The van der Waals surface area contributed by atoms with Gasteiger partial charge in [0.05, 0.1) is 34.7 Å². The molecule has 0 spiro atoms. The van der Waals surface area contributed by atoms with Crippen LogP contribution < -0.4 is 33.4 Å². The van der Waals surface area contributed by atoms with Gasteiger partial charge in [0.2, 0.25) is 0 Å². The van der Waals surface area contributed by atoms with Gasteiger partial charge < -0.3 is 54.3 Å². The van der Waals surface area contributed by atoms with Crippen molar-refractivity contribution in [3.8, 4) is 0 Å². The second-order valence-electron chi connectivity index (χ2n) is 14.1. The number of alkyl halides is 1. The van der Waals surface area contributed by atoms with Gasteiger partial charge in [-0.25, -0.2) is 18.8 Å². The first-order valence-electron chi connectivity index (χ1n) is 20.9. The summed E-state index contributed by atoms with van der Waals surface area (Å²) in [7, 11) is 10.8. The number of anilines is 1. The number of aromatic nitrogens is 6. The number of halogens is 1. The van der Waals surface area contributed by atoms with Gasteiger partial charge in [0.15, 0.2) is 18.6 Å². The topological polar surface area (TPSA) is 229 Å². The van der Waals surface area contributed by atoms with Crippen LogP contribution in [0.2, 0.25) is 0 Å². The molecule has 3 aromatic heterocycles. The van der Waals surface area contributed by atoms with Crippen LogP contribution in [0.3, 0.4) is 0 Å². The number of methoxy groups -OCH3 is 5. The Morgan fingerprint density at radius 1 is 0.770 bits per heavy atom. The molecule has 11 atom stereocenters. The highest BCUT2D eigenvalue weighted by atomic mass is 19.1. The molecule has 4 N–H and O–H groups in total. The Labute approximate surface area is 359 Å². The first kappa shape index (κ1) is 48.0. The van der Waals surface area contributed by atoms with E-state index in [2.05, 4.69) is 25.6 Å². The Hall–Kier alpha value is -4.03. The number of hydrogen-bond donors (Lipinski definition) is 3. The van der Waals surface area contributed by atoms with Crippen molar-refractivity contribution in [1.29, 1.82) is 0 Å². The normalized spacial score (nSPS) is 28.7. The maximum atomic E-state index is 14.5. The van der Waals surface area contributed by atoms with Gasteiger partial charge in [0.25, 0.3) is 0 Å². The average Bonchev–Trinajstić information content (AvgIpc) is 3.94. The molecular weight excluding hydrogens is 801 g/mol. The zero-order valence-corrected chi connectivity index (χ0v) is 37.4. The number of nitrogens with two attached hydrogens (primary N) is 1. The largest absolute Gasteiger partial charge is 0.383 e. The maximum absolute atomic E-state index is 14.5. The molecule has 3 aromatic rings. The number of nitrogens with zero attached hydrogens (tertiary/aromatic N) is 6. The summed E-state index contributed by atoms with van der Waals surface area (Å²) in [6, 6.07) is 1.29. The summed E-state index contributed by atoms with van der Waals surface area (Å²) in [6.07, 6.45) is -0.999. The minimum Gasteiger partial charge on any atom is -0.383 e. The Balaban J connectivity index is 0.000000247. The fraction of sp³-hybridized carbons (Fsp3) is 0.700. The summed E-state index contributed by atoms with van der Waals surface area (Å²) >= 11 is 0. The Kier molecular flexibility index (Phi) is 19.3. The highest BCUT2D eigenvalue weighted by Crippen LogP contribution is 2.33. The Morgan fingerprint density at radius 2 is 1.36 bits per heavy atom. The number of likely N-dealkylation sites (N-methyl/N-ethyl adjacent to an activating group) is 2. The fourth-order valence-corrected chi connectivity index (χ4v) is 7.00. The van der Waals surface area contributed by atoms with Gasteiger partial charge in [-0.15, -0.1) is 0 Å². The van der Waals surface area contributed by atoms with Crippen LogP contribution in [-0.4, -0.2) is 147 Å². The van der Waals surface area contributed by atoms with Crippen LogP contribution in [0.4, 0.5) is 10.2 Å². The van der Waals surface area contributed by atoms with Crippen molar-refractivity contribution in [1.82, 2.24) is 39.3 Å². The molecule has 0 bridgehead atoms.